The van der Waals surface area contributed by atoms with Gasteiger partial charge in [-0.3, -0.25) is 0 Å². The standard InChI is InChI=1S/C29H31F2NO.C2H2O4/c30-27-12-8-25(9-13-27)29(26-10-14-28(31)15-11-26)33-22-18-24-16-20-32(21-17-24)19-4-7-23-5-2-1-3-6-23;3-1(4)2(5)6/h1-15,24,29H,16-22H2;(H,3,4)(H,5,6)/b7-4+;. The number of hydrogen-bond acceptors (Lipinski definition) is 4. The fraction of sp³-hybridized carbons (Fsp3) is 0.290. The van der Waals surface area contributed by atoms with Gasteiger partial charge >= 0.3 is 5.97 Å². The van der Waals surface area contributed by atoms with Gasteiger partial charge in [0, 0.05) is 6.61 Å². The maximum Gasteiger partial charge on any atom is 0.351 e. The molecule has 0 bridgehead atoms. The molecule has 1 heterocycles. The van der Waals surface area contributed by atoms with Crippen LogP contribution in [0, 0.1) is 17.6 Å². The van der Waals surface area contributed by atoms with Crippen LogP contribution < -0.4 is 10.0 Å². The van der Waals surface area contributed by atoms with Crippen LogP contribution >= 0.6 is 0 Å². The van der Waals surface area contributed by atoms with E-state index >= 15 is 0 Å². The first kappa shape index (κ1) is 29.7. The van der Waals surface area contributed by atoms with Gasteiger partial charge in [-0.05, 0) is 72.2 Å². The van der Waals surface area contributed by atoms with Crippen molar-refractivity contribution in [2.24, 2.45) is 5.92 Å². The summed E-state index contributed by atoms with van der Waals surface area (Å²) in [5.41, 5.74) is 3.01. The van der Waals surface area contributed by atoms with E-state index in [0.29, 0.717) is 12.5 Å². The lowest BCUT2D eigenvalue weighted by Gasteiger charge is -2.29. The summed E-state index contributed by atoms with van der Waals surface area (Å²) in [6.07, 6.45) is 7.58. The number of carbonyl (C=O) groups excluding carboxylic acids is 1. The van der Waals surface area contributed by atoms with Gasteiger partial charge in [0.2, 0.25) is 0 Å². The molecule has 0 radical (unpaired) electrons. The maximum atomic E-state index is 13.4. The van der Waals surface area contributed by atoms with Crippen LogP contribution in [0.5, 0.6) is 0 Å². The molecule has 1 fully saturated rings. The molecule has 2 N–H and O–H groups in total. The predicted molar refractivity (Wildman–Crippen MR) is 142 cm³/mol. The van der Waals surface area contributed by atoms with E-state index in [1.165, 1.54) is 55.8 Å². The van der Waals surface area contributed by atoms with Gasteiger partial charge in [-0.25, -0.2) is 13.6 Å². The summed E-state index contributed by atoms with van der Waals surface area (Å²) in [6.45, 7) is 4.06. The Kier molecular flexibility index (Phi) is 11.8. The number of aliphatic carboxylic acids is 2. The van der Waals surface area contributed by atoms with Gasteiger partial charge < -0.3 is 24.6 Å². The number of carboxylic acid groups (broad SMARTS) is 2. The Morgan fingerprint density at radius 2 is 1.44 bits per heavy atom. The van der Waals surface area contributed by atoms with Crippen molar-refractivity contribution in [1.29, 1.82) is 0 Å². The van der Waals surface area contributed by atoms with Crippen LogP contribution in [0.1, 0.15) is 42.1 Å². The lowest BCUT2D eigenvalue weighted by Crippen LogP contribution is -3.12. The normalized spacial score (nSPS) is 17.0. The lowest BCUT2D eigenvalue weighted by molar-refractivity contribution is -0.900. The second-order valence-electron chi connectivity index (χ2n) is 9.45. The quantitative estimate of drug-likeness (QED) is 0.409. The molecule has 8 heteroatoms. The third kappa shape index (κ3) is 10.4. The number of benzene rings is 3. The Hall–Kier alpha value is -3.88. The molecule has 206 valence electrons. The third-order valence-corrected chi connectivity index (χ3v) is 6.66. The number of quaternary nitrogens is 1. The molecule has 0 atom stereocenters. The number of carbonyl (C=O) groups is 2. The fourth-order valence-corrected chi connectivity index (χ4v) is 4.52. The van der Waals surface area contributed by atoms with Gasteiger partial charge in [0.1, 0.15) is 17.7 Å². The van der Waals surface area contributed by atoms with Crippen LogP contribution in [-0.2, 0) is 14.3 Å². The molecule has 0 saturated carbocycles. The van der Waals surface area contributed by atoms with E-state index in [1.807, 2.05) is 6.07 Å². The van der Waals surface area contributed by atoms with Crippen molar-refractivity contribution in [1.82, 2.24) is 0 Å². The topological polar surface area (TPSA) is 91.1 Å². The summed E-state index contributed by atoms with van der Waals surface area (Å²) in [7, 11) is 0. The first-order chi connectivity index (χ1) is 18.8. The van der Waals surface area contributed by atoms with Crippen molar-refractivity contribution in [3.05, 3.63) is 113 Å². The molecule has 3 aromatic carbocycles. The lowest BCUT2D eigenvalue weighted by atomic mass is 9.93. The van der Waals surface area contributed by atoms with E-state index in [1.54, 1.807) is 29.2 Å². The molecular formula is C31H33F2NO5. The number of likely N-dealkylation sites (tertiary alicyclic amines) is 1. The maximum absolute atomic E-state index is 13.4. The van der Waals surface area contributed by atoms with Gasteiger partial charge in [0.05, 0.1) is 19.6 Å². The van der Waals surface area contributed by atoms with E-state index in [-0.39, 0.29) is 17.7 Å². The first-order valence-electron chi connectivity index (χ1n) is 12.9. The zero-order chi connectivity index (χ0) is 28.0. The Labute approximate surface area is 227 Å². The Bertz CT molecular complexity index is 1130. The summed E-state index contributed by atoms with van der Waals surface area (Å²) in [5, 5.41) is 16.3. The largest absolute Gasteiger partial charge is 0.539 e. The molecule has 0 amide bonds. The van der Waals surface area contributed by atoms with Gasteiger partial charge in [-0.15, -0.1) is 0 Å². The second-order valence-corrected chi connectivity index (χ2v) is 9.45. The van der Waals surface area contributed by atoms with E-state index in [2.05, 4.69) is 36.4 Å². The molecule has 0 aromatic heterocycles. The van der Waals surface area contributed by atoms with Crippen molar-refractivity contribution in [2.45, 2.75) is 25.4 Å². The Morgan fingerprint density at radius 3 is 1.92 bits per heavy atom. The molecule has 4 rings (SSSR count). The van der Waals surface area contributed by atoms with Crippen LogP contribution in [0.15, 0.2) is 84.9 Å². The van der Waals surface area contributed by atoms with Crippen molar-refractivity contribution in [3.63, 3.8) is 0 Å². The molecule has 1 aliphatic heterocycles. The number of nitrogens with one attached hydrogen (secondary N) is 1. The summed E-state index contributed by atoms with van der Waals surface area (Å²) in [4.78, 5) is 19.7. The van der Waals surface area contributed by atoms with Crippen LogP contribution in [0.3, 0.4) is 0 Å². The summed E-state index contributed by atoms with van der Waals surface area (Å²) in [6, 6.07) is 23.2. The van der Waals surface area contributed by atoms with Crippen LogP contribution in [0.25, 0.3) is 6.08 Å². The first-order valence-corrected chi connectivity index (χ1v) is 12.9. The summed E-state index contributed by atoms with van der Waals surface area (Å²) >= 11 is 0. The van der Waals surface area contributed by atoms with Gasteiger partial charge in [-0.1, -0.05) is 60.7 Å². The highest BCUT2D eigenvalue weighted by atomic mass is 19.1. The Balaban J connectivity index is 0.000000631. The molecule has 1 aliphatic rings. The van der Waals surface area contributed by atoms with Gasteiger partial charge in [-0.2, -0.15) is 0 Å². The Morgan fingerprint density at radius 1 is 0.923 bits per heavy atom. The van der Waals surface area contributed by atoms with Crippen molar-refractivity contribution >= 4 is 18.0 Å². The minimum atomic E-state index is -2.07. The van der Waals surface area contributed by atoms with E-state index in [9.17, 15) is 8.78 Å². The number of halogens is 2. The van der Waals surface area contributed by atoms with E-state index in [0.717, 1.165) is 24.1 Å². The number of carboxylic acids is 2. The average molecular weight is 538 g/mol. The molecule has 0 unspecified atom stereocenters. The third-order valence-electron chi connectivity index (χ3n) is 6.66. The van der Waals surface area contributed by atoms with Crippen molar-refractivity contribution in [3.8, 4) is 0 Å². The highest BCUT2D eigenvalue weighted by Gasteiger charge is 2.22. The number of rotatable bonds is 9. The zero-order valence-corrected chi connectivity index (χ0v) is 21.6. The molecule has 39 heavy (non-hydrogen) atoms. The van der Waals surface area contributed by atoms with E-state index < -0.39 is 11.9 Å². The number of ether oxygens (including phenoxy) is 1. The SMILES string of the molecule is Fc1ccc(C(OCCC2CC[NH+](C/C=C/c3ccccc3)CC2)c2ccc(F)cc2)cc1.O=C([O-])C(=O)O. The zero-order valence-electron chi connectivity index (χ0n) is 21.6. The van der Waals surface area contributed by atoms with Crippen LogP contribution in [0.4, 0.5) is 8.78 Å². The monoisotopic (exact) mass is 537 g/mol. The smallest absolute Gasteiger partial charge is 0.351 e. The fourth-order valence-electron chi connectivity index (χ4n) is 4.52. The van der Waals surface area contributed by atoms with Crippen LogP contribution in [0.2, 0.25) is 0 Å². The molecular weight excluding hydrogens is 504 g/mol. The van der Waals surface area contributed by atoms with Crippen molar-refractivity contribution < 1.29 is 38.2 Å². The number of piperidine rings is 1. The number of hydrogen-bond donors (Lipinski definition) is 2. The highest BCUT2D eigenvalue weighted by molar-refractivity contribution is 6.26. The second kappa shape index (κ2) is 15.5. The van der Waals surface area contributed by atoms with Crippen LogP contribution in [-0.4, -0.2) is 43.3 Å². The summed E-state index contributed by atoms with van der Waals surface area (Å²) in [5.74, 6) is -3.90. The summed E-state index contributed by atoms with van der Waals surface area (Å²) < 4.78 is 33.1. The molecule has 1 saturated heterocycles. The molecule has 0 aliphatic carbocycles. The van der Waals surface area contributed by atoms with Gasteiger partial charge in [0.25, 0.3) is 0 Å². The highest BCUT2D eigenvalue weighted by Crippen LogP contribution is 2.27. The minimum Gasteiger partial charge on any atom is -0.539 e. The minimum absolute atomic E-state index is 0.274. The van der Waals surface area contributed by atoms with E-state index in [4.69, 9.17) is 24.5 Å². The van der Waals surface area contributed by atoms with Gasteiger partial charge in [0.15, 0.2) is 5.97 Å². The predicted octanol–water partition coefficient (Wildman–Crippen LogP) is 3.29. The molecule has 3 aromatic rings. The molecule has 0 spiro atoms. The van der Waals surface area contributed by atoms with Crippen molar-refractivity contribution in [2.75, 3.05) is 26.2 Å². The average Bonchev–Trinajstić information content (AvgIpc) is 2.94. The molecule has 6 nitrogen and oxygen atoms in total.